The molecule has 0 bridgehead atoms. The number of nitro benzene ring substituents is 1. The van der Waals surface area contributed by atoms with Crippen molar-refractivity contribution in [3.05, 3.63) is 33.9 Å². The SMILES string of the molecule is Cc1c(NC(=O)CC(C)CC(=O)O)cccc1[N+](=O)[O-]. The van der Waals surface area contributed by atoms with Crippen LogP contribution in [0.3, 0.4) is 0 Å². The molecule has 20 heavy (non-hydrogen) atoms. The van der Waals surface area contributed by atoms with Crippen LogP contribution in [-0.4, -0.2) is 21.9 Å². The molecule has 0 spiro atoms. The summed E-state index contributed by atoms with van der Waals surface area (Å²) in [5, 5.41) is 22.0. The van der Waals surface area contributed by atoms with Crippen molar-refractivity contribution in [2.45, 2.75) is 26.7 Å². The number of carboxylic acids is 1. The van der Waals surface area contributed by atoms with Crippen LogP contribution in [0.25, 0.3) is 0 Å². The van der Waals surface area contributed by atoms with Crippen molar-refractivity contribution in [1.82, 2.24) is 0 Å². The van der Waals surface area contributed by atoms with Gasteiger partial charge in [0.1, 0.15) is 0 Å². The van der Waals surface area contributed by atoms with Crippen molar-refractivity contribution in [2.24, 2.45) is 5.92 Å². The zero-order chi connectivity index (χ0) is 15.3. The summed E-state index contributed by atoms with van der Waals surface area (Å²) in [5.41, 5.74) is 0.671. The van der Waals surface area contributed by atoms with Gasteiger partial charge in [-0.2, -0.15) is 0 Å². The van der Waals surface area contributed by atoms with E-state index in [0.29, 0.717) is 11.3 Å². The van der Waals surface area contributed by atoms with E-state index in [2.05, 4.69) is 5.32 Å². The van der Waals surface area contributed by atoms with Gasteiger partial charge in [0.25, 0.3) is 5.69 Å². The Hall–Kier alpha value is -2.44. The molecular formula is C13H16N2O5. The highest BCUT2D eigenvalue weighted by Crippen LogP contribution is 2.25. The van der Waals surface area contributed by atoms with Crippen LogP contribution >= 0.6 is 0 Å². The molecule has 1 atom stereocenters. The minimum absolute atomic E-state index is 0.0500. The first-order valence-electron chi connectivity index (χ1n) is 6.07. The van der Waals surface area contributed by atoms with Gasteiger partial charge in [-0.25, -0.2) is 0 Å². The molecule has 108 valence electrons. The quantitative estimate of drug-likeness (QED) is 0.614. The van der Waals surface area contributed by atoms with Crippen LogP contribution in [0.15, 0.2) is 18.2 Å². The van der Waals surface area contributed by atoms with Crippen molar-refractivity contribution in [3.63, 3.8) is 0 Å². The Morgan fingerprint density at radius 3 is 2.60 bits per heavy atom. The molecule has 7 heteroatoms. The number of carboxylic acid groups (broad SMARTS) is 1. The molecule has 1 rings (SSSR count). The molecule has 2 N–H and O–H groups in total. The molecule has 0 radical (unpaired) electrons. The average molecular weight is 280 g/mol. The number of aliphatic carboxylic acids is 1. The van der Waals surface area contributed by atoms with Crippen LogP contribution < -0.4 is 5.32 Å². The molecular weight excluding hydrogens is 264 g/mol. The molecule has 0 aromatic heterocycles. The monoisotopic (exact) mass is 280 g/mol. The third-order valence-corrected chi connectivity index (χ3v) is 2.83. The zero-order valence-electron chi connectivity index (χ0n) is 11.3. The third-order valence-electron chi connectivity index (χ3n) is 2.83. The summed E-state index contributed by atoms with van der Waals surface area (Å²) >= 11 is 0. The number of carbonyl (C=O) groups excluding carboxylic acids is 1. The molecule has 0 saturated heterocycles. The molecule has 0 aliphatic rings. The van der Waals surface area contributed by atoms with Gasteiger partial charge in [0.15, 0.2) is 0 Å². The maximum Gasteiger partial charge on any atom is 0.303 e. The molecule has 0 saturated carbocycles. The highest BCUT2D eigenvalue weighted by Gasteiger charge is 2.17. The Morgan fingerprint density at radius 2 is 2.05 bits per heavy atom. The normalized spacial score (nSPS) is 11.7. The number of hydrogen-bond acceptors (Lipinski definition) is 4. The van der Waals surface area contributed by atoms with E-state index in [-0.39, 0.29) is 30.4 Å². The number of nitro groups is 1. The van der Waals surface area contributed by atoms with E-state index in [1.54, 1.807) is 19.9 Å². The Labute approximate surface area is 115 Å². The lowest BCUT2D eigenvalue weighted by Crippen LogP contribution is -2.17. The molecule has 1 aromatic rings. The smallest absolute Gasteiger partial charge is 0.303 e. The second-order valence-corrected chi connectivity index (χ2v) is 4.66. The lowest BCUT2D eigenvalue weighted by molar-refractivity contribution is -0.385. The van der Waals surface area contributed by atoms with Crippen LogP contribution in [0, 0.1) is 23.0 Å². The van der Waals surface area contributed by atoms with Crippen molar-refractivity contribution >= 4 is 23.3 Å². The van der Waals surface area contributed by atoms with E-state index in [9.17, 15) is 19.7 Å². The van der Waals surface area contributed by atoms with Crippen LogP contribution in [0.2, 0.25) is 0 Å². The molecule has 1 aromatic carbocycles. The molecule has 7 nitrogen and oxygen atoms in total. The fourth-order valence-electron chi connectivity index (χ4n) is 1.84. The first-order valence-corrected chi connectivity index (χ1v) is 6.07. The average Bonchev–Trinajstić information content (AvgIpc) is 2.29. The molecule has 0 fully saturated rings. The van der Waals surface area contributed by atoms with E-state index in [0.717, 1.165) is 0 Å². The lowest BCUT2D eigenvalue weighted by Gasteiger charge is -2.11. The second-order valence-electron chi connectivity index (χ2n) is 4.66. The van der Waals surface area contributed by atoms with Crippen molar-refractivity contribution < 1.29 is 19.6 Å². The Kier molecular flexibility index (Phi) is 5.19. The number of benzene rings is 1. The maximum atomic E-state index is 11.8. The van der Waals surface area contributed by atoms with Gasteiger partial charge in [-0.3, -0.25) is 19.7 Å². The summed E-state index contributed by atoms with van der Waals surface area (Å²) in [6.07, 6.45) is -0.0459. The molecule has 0 aliphatic heterocycles. The van der Waals surface area contributed by atoms with E-state index < -0.39 is 10.9 Å². The zero-order valence-corrected chi connectivity index (χ0v) is 11.3. The third kappa shape index (κ3) is 4.34. The Bertz CT molecular complexity index is 542. The molecule has 0 heterocycles. The topological polar surface area (TPSA) is 110 Å². The Balaban J connectivity index is 2.74. The number of anilines is 1. The predicted octanol–water partition coefficient (Wildman–Crippen LogP) is 2.34. The summed E-state index contributed by atoms with van der Waals surface area (Å²) in [5.74, 6) is -1.62. The van der Waals surface area contributed by atoms with Crippen LogP contribution in [-0.2, 0) is 9.59 Å². The fourth-order valence-corrected chi connectivity index (χ4v) is 1.84. The minimum atomic E-state index is -0.961. The molecule has 1 amide bonds. The highest BCUT2D eigenvalue weighted by molar-refractivity contribution is 5.92. The van der Waals surface area contributed by atoms with Gasteiger partial charge in [0, 0.05) is 18.9 Å². The number of amides is 1. The minimum Gasteiger partial charge on any atom is -0.481 e. The van der Waals surface area contributed by atoms with E-state index in [4.69, 9.17) is 5.11 Å². The van der Waals surface area contributed by atoms with Crippen LogP contribution in [0.1, 0.15) is 25.3 Å². The number of rotatable bonds is 6. The van der Waals surface area contributed by atoms with E-state index in [1.165, 1.54) is 12.1 Å². The van der Waals surface area contributed by atoms with Crippen LogP contribution in [0.5, 0.6) is 0 Å². The van der Waals surface area contributed by atoms with Gasteiger partial charge >= 0.3 is 5.97 Å². The lowest BCUT2D eigenvalue weighted by atomic mass is 10.0. The second kappa shape index (κ2) is 6.65. The number of nitrogens with one attached hydrogen (secondary N) is 1. The van der Waals surface area contributed by atoms with Crippen molar-refractivity contribution in [3.8, 4) is 0 Å². The van der Waals surface area contributed by atoms with Gasteiger partial charge in [0.2, 0.25) is 5.91 Å². The van der Waals surface area contributed by atoms with Crippen LogP contribution in [0.4, 0.5) is 11.4 Å². The van der Waals surface area contributed by atoms with Crippen molar-refractivity contribution in [2.75, 3.05) is 5.32 Å². The van der Waals surface area contributed by atoms with Crippen molar-refractivity contribution in [1.29, 1.82) is 0 Å². The molecule has 0 aliphatic carbocycles. The van der Waals surface area contributed by atoms with E-state index in [1.807, 2.05) is 0 Å². The Morgan fingerprint density at radius 1 is 1.40 bits per heavy atom. The van der Waals surface area contributed by atoms with Gasteiger partial charge in [-0.15, -0.1) is 0 Å². The standard InChI is InChI=1S/C13H16N2O5/c1-8(7-13(17)18)6-12(16)14-10-4-3-5-11(9(10)2)15(19)20/h3-5,8H,6-7H2,1-2H3,(H,14,16)(H,17,18). The van der Waals surface area contributed by atoms with Gasteiger partial charge < -0.3 is 10.4 Å². The summed E-state index contributed by atoms with van der Waals surface area (Å²) in [7, 11) is 0. The first kappa shape index (κ1) is 15.6. The van der Waals surface area contributed by atoms with Gasteiger partial charge in [0.05, 0.1) is 16.2 Å². The predicted molar refractivity (Wildman–Crippen MR) is 72.5 cm³/mol. The largest absolute Gasteiger partial charge is 0.481 e. The summed E-state index contributed by atoms with van der Waals surface area (Å²) in [6.45, 7) is 3.21. The number of carbonyl (C=O) groups is 2. The van der Waals surface area contributed by atoms with E-state index >= 15 is 0 Å². The summed E-state index contributed by atoms with van der Waals surface area (Å²) < 4.78 is 0. The number of nitrogens with zero attached hydrogens (tertiary/aromatic N) is 1. The van der Waals surface area contributed by atoms with Gasteiger partial charge in [-0.1, -0.05) is 13.0 Å². The molecule has 1 unspecified atom stereocenters. The first-order chi connectivity index (χ1) is 9.31. The maximum absolute atomic E-state index is 11.8. The summed E-state index contributed by atoms with van der Waals surface area (Å²) in [4.78, 5) is 32.6. The summed E-state index contributed by atoms with van der Waals surface area (Å²) in [6, 6.07) is 4.42. The number of hydrogen-bond donors (Lipinski definition) is 2. The van der Waals surface area contributed by atoms with Gasteiger partial charge in [-0.05, 0) is 18.9 Å². The highest BCUT2D eigenvalue weighted by atomic mass is 16.6. The fraction of sp³-hybridized carbons (Fsp3) is 0.385.